The van der Waals surface area contributed by atoms with Crippen LogP contribution in [0, 0.1) is 0 Å². The largest absolute Gasteiger partial charge is 0.497 e. The molecule has 0 radical (unpaired) electrons. The Morgan fingerprint density at radius 1 is 1.22 bits per heavy atom. The molecule has 0 saturated heterocycles. The van der Waals surface area contributed by atoms with Gasteiger partial charge in [0.25, 0.3) is 5.91 Å². The highest BCUT2D eigenvalue weighted by molar-refractivity contribution is 6.03. The van der Waals surface area contributed by atoms with Crippen molar-refractivity contribution in [2.45, 2.75) is 0 Å². The van der Waals surface area contributed by atoms with E-state index in [0.717, 1.165) is 18.8 Å². The third-order valence-corrected chi connectivity index (χ3v) is 3.11. The van der Waals surface area contributed by atoms with Gasteiger partial charge in [0, 0.05) is 24.8 Å². The number of hydrogen-bond donors (Lipinski definition) is 2. The summed E-state index contributed by atoms with van der Waals surface area (Å²) in [6.45, 7) is 1.61. The van der Waals surface area contributed by atoms with Crippen molar-refractivity contribution in [2.75, 3.05) is 44.9 Å². The van der Waals surface area contributed by atoms with E-state index in [1.54, 1.807) is 37.4 Å². The fourth-order valence-corrected chi connectivity index (χ4v) is 1.86. The van der Waals surface area contributed by atoms with Gasteiger partial charge in [-0.2, -0.15) is 0 Å². The van der Waals surface area contributed by atoms with E-state index in [9.17, 15) is 4.79 Å². The lowest BCUT2D eigenvalue weighted by atomic mass is 10.3. The summed E-state index contributed by atoms with van der Waals surface area (Å²) in [6, 6.07) is 8.74. The number of ether oxygens (including phenoxy) is 1. The maximum absolute atomic E-state index is 12.2. The minimum Gasteiger partial charge on any atom is -0.497 e. The molecule has 1 amide bonds. The smallest absolute Gasteiger partial charge is 0.274 e. The quantitative estimate of drug-likeness (QED) is 0.810. The molecule has 7 heteroatoms. The molecule has 0 fully saturated rings. The van der Waals surface area contributed by atoms with E-state index in [1.807, 2.05) is 14.1 Å². The summed E-state index contributed by atoms with van der Waals surface area (Å²) >= 11 is 0. The van der Waals surface area contributed by atoms with E-state index in [-0.39, 0.29) is 5.91 Å². The summed E-state index contributed by atoms with van der Waals surface area (Å²) < 4.78 is 5.08. The van der Waals surface area contributed by atoms with Crippen molar-refractivity contribution >= 4 is 17.4 Å². The fraction of sp³-hybridized carbons (Fsp3) is 0.312. The number of anilines is 2. The molecule has 1 heterocycles. The number of nitrogens with zero attached hydrogens (tertiary/aromatic N) is 3. The Morgan fingerprint density at radius 2 is 1.96 bits per heavy atom. The zero-order valence-electron chi connectivity index (χ0n) is 13.5. The van der Waals surface area contributed by atoms with Crippen LogP contribution in [0.4, 0.5) is 11.5 Å². The minimum absolute atomic E-state index is 0.284. The molecule has 2 N–H and O–H groups in total. The lowest BCUT2D eigenvalue weighted by Gasteiger charge is -2.11. The van der Waals surface area contributed by atoms with Crippen molar-refractivity contribution in [1.82, 2.24) is 14.9 Å². The Morgan fingerprint density at radius 3 is 2.61 bits per heavy atom. The molecule has 2 aromatic rings. The van der Waals surface area contributed by atoms with E-state index in [2.05, 4.69) is 25.5 Å². The number of amides is 1. The van der Waals surface area contributed by atoms with Crippen LogP contribution in [0.1, 0.15) is 10.5 Å². The summed E-state index contributed by atoms with van der Waals surface area (Å²) in [5.41, 5.74) is 0.986. The van der Waals surface area contributed by atoms with Gasteiger partial charge < -0.3 is 20.3 Å². The third-order valence-electron chi connectivity index (χ3n) is 3.11. The monoisotopic (exact) mass is 315 g/mol. The summed E-state index contributed by atoms with van der Waals surface area (Å²) in [7, 11) is 5.59. The number of likely N-dealkylation sites (N-methyl/N-ethyl adjacent to an activating group) is 1. The van der Waals surface area contributed by atoms with Gasteiger partial charge in [0.15, 0.2) is 0 Å². The maximum atomic E-state index is 12.2. The Bertz CT molecular complexity index is 643. The van der Waals surface area contributed by atoms with Crippen LogP contribution >= 0.6 is 0 Å². The number of aromatic nitrogens is 2. The predicted molar refractivity (Wildman–Crippen MR) is 90.0 cm³/mol. The van der Waals surface area contributed by atoms with Gasteiger partial charge >= 0.3 is 0 Å². The fourth-order valence-electron chi connectivity index (χ4n) is 1.86. The molecule has 0 aliphatic heterocycles. The van der Waals surface area contributed by atoms with Crippen LogP contribution in [0.2, 0.25) is 0 Å². The van der Waals surface area contributed by atoms with Crippen LogP contribution in [0.5, 0.6) is 5.75 Å². The second kappa shape index (κ2) is 8.09. The Kier molecular flexibility index (Phi) is 5.87. The molecule has 23 heavy (non-hydrogen) atoms. The highest BCUT2D eigenvalue weighted by atomic mass is 16.5. The Balaban J connectivity index is 1.98. The first-order valence-electron chi connectivity index (χ1n) is 7.24. The van der Waals surface area contributed by atoms with Crippen LogP contribution < -0.4 is 15.4 Å². The van der Waals surface area contributed by atoms with E-state index in [1.165, 1.54) is 6.33 Å². The van der Waals surface area contributed by atoms with Crippen molar-refractivity contribution in [3.05, 3.63) is 42.4 Å². The number of carbonyl (C=O) groups excluding carboxylic acids is 1. The molecule has 0 saturated carbocycles. The molecule has 2 rings (SSSR count). The number of hydrogen-bond acceptors (Lipinski definition) is 6. The standard InChI is InChI=1S/C16H21N5O2/c1-21(2)9-8-17-15-10-14(18-11-19-15)16(22)20-12-4-6-13(23-3)7-5-12/h4-7,10-11H,8-9H2,1-3H3,(H,20,22)(H,17,18,19). The van der Waals surface area contributed by atoms with Crippen LogP contribution in [0.15, 0.2) is 36.7 Å². The van der Waals surface area contributed by atoms with Gasteiger partial charge in [0.05, 0.1) is 7.11 Å². The van der Waals surface area contributed by atoms with Crippen molar-refractivity contribution in [3.8, 4) is 5.75 Å². The SMILES string of the molecule is COc1ccc(NC(=O)c2cc(NCCN(C)C)ncn2)cc1. The predicted octanol–water partition coefficient (Wildman–Crippen LogP) is 1.71. The lowest BCUT2D eigenvalue weighted by molar-refractivity contribution is 0.102. The molecule has 122 valence electrons. The average molecular weight is 315 g/mol. The molecular formula is C16H21N5O2. The summed E-state index contributed by atoms with van der Waals surface area (Å²) in [6.07, 6.45) is 1.38. The molecule has 0 atom stereocenters. The topological polar surface area (TPSA) is 79.4 Å². The van der Waals surface area contributed by atoms with Crippen molar-refractivity contribution in [3.63, 3.8) is 0 Å². The molecule has 1 aromatic carbocycles. The second-order valence-corrected chi connectivity index (χ2v) is 5.20. The Hall–Kier alpha value is -2.67. The van der Waals surface area contributed by atoms with Gasteiger partial charge in [0.2, 0.25) is 0 Å². The van der Waals surface area contributed by atoms with Gasteiger partial charge in [-0.3, -0.25) is 4.79 Å². The summed E-state index contributed by atoms with van der Waals surface area (Å²) in [5, 5.41) is 5.95. The average Bonchev–Trinajstić information content (AvgIpc) is 2.55. The maximum Gasteiger partial charge on any atom is 0.274 e. The van der Waals surface area contributed by atoms with Gasteiger partial charge in [-0.25, -0.2) is 9.97 Å². The number of carbonyl (C=O) groups is 1. The normalized spacial score (nSPS) is 10.4. The third kappa shape index (κ3) is 5.23. The van der Waals surface area contributed by atoms with Crippen LogP contribution in [-0.2, 0) is 0 Å². The molecule has 0 spiro atoms. The first-order valence-corrected chi connectivity index (χ1v) is 7.24. The molecule has 0 aliphatic carbocycles. The van der Waals surface area contributed by atoms with Crippen molar-refractivity contribution in [1.29, 1.82) is 0 Å². The van der Waals surface area contributed by atoms with Crippen LogP contribution in [0.3, 0.4) is 0 Å². The van der Waals surface area contributed by atoms with E-state index in [0.29, 0.717) is 17.2 Å². The van der Waals surface area contributed by atoms with Gasteiger partial charge in [-0.1, -0.05) is 0 Å². The van der Waals surface area contributed by atoms with Gasteiger partial charge in [0.1, 0.15) is 23.6 Å². The van der Waals surface area contributed by atoms with Crippen molar-refractivity contribution in [2.24, 2.45) is 0 Å². The van der Waals surface area contributed by atoms with E-state index >= 15 is 0 Å². The second-order valence-electron chi connectivity index (χ2n) is 5.20. The molecule has 1 aromatic heterocycles. The number of methoxy groups -OCH3 is 1. The van der Waals surface area contributed by atoms with Crippen LogP contribution in [-0.4, -0.2) is 55.1 Å². The number of nitrogens with one attached hydrogen (secondary N) is 2. The molecular weight excluding hydrogens is 294 g/mol. The van der Waals surface area contributed by atoms with Gasteiger partial charge in [-0.05, 0) is 38.4 Å². The lowest BCUT2D eigenvalue weighted by Crippen LogP contribution is -2.21. The zero-order valence-corrected chi connectivity index (χ0v) is 13.5. The summed E-state index contributed by atoms with van der Waals surface area (Å²) in [5.74, 6) is 1.08. The van der Waals surface area contributed by atoms with Gasteiger partial charge in [-0.15, -0.1) is 0 Å². The molecule has 0 aliphatic rings. The minimum atomic E-state index is -0.284. The zero-order chi connectivity index (χ0) is 16.7. The highest BCUT2D eigenvalue weighted by Crippen LogP contribution is 2.16. The number of benzene rings is 1. The highest BCUT2D eigenvalue weighted by Gasteiger charge is 2.09. The first-order chi connectivity index (χ1) is 11.1. The first kappa shape index (κ1) is 16.7. The molecule has 0 bridgehead atoms. The van der Waals surface area contributed by atoms with E-state index in [4.69, 9.17) is 4.74 Å². The van der Waals surface area contributed by atoms with Crippen molar-refractivity contribution < 1.29 is 9.53 Å². The molecule has 7 nitrogen and oxygen atoms in total. The van der Waals surface area contributed by atoms with Crippen LogP contribution in [0.25, 0.3) is 0 Å². The van der Waals surface area contributed by atoms with E-state index < -0.39 is 0 Å². The molecule has 0 unspecified atom stereocenters. The Labute approximate surface area is 135 Å². The number of rotatable bonds is 7. The summed E-state index contributed by atoms with van der Waals surface area (Å²) in [4.78, 5) is 22.4.